The maximum atomic E-state index is 12.7. The number of hydrogen-bond acceptors (Lipinski definition) is 5. The highest BCUT2D eigenvalue weighted by Crippen LogP contribution is 2.31. The van der Waals surface area contributed by atoms with Gasteiger partial charge in [0.05, 0.1) is 18.8 Å². The van der Waals surface area contributed by atoms with Crippen molar-refractivity contribution in [1.82, 2.24) is 4.31 Å². The van der Waals surface area contributed by atoms with E-state index >= 15 is 0 Å². The summed E-state index contributed by atoms with van der Waals surface area (Å²) >= 11 is 6.88. The van der Waals surface area contributed by atoms with Crippen LogP contribution in [0.1, 0.15) is 10.4 Å². The van der Waals surface area contributed by atoms with Crippen LogP contribution in [0.5, 0.6) is 0 Å². The number of thiophene rings is 1. The fourth-order valence-corrected chi connectivity index (χ4v) is 5.59. The van der Waals surface area contributed by atoms with Crippen molar-refractivity contribution in [3.05, 3.63) is 51.9 Å². The molecule has 2 heterocycles. The lowest BCUT2D eigenvalue weighted by Crippen LogP contribution is -2.40. The molecule has 2 aromatic rings. The van der Waals surface area contributed by atoms with Crippen LogP contribution in [0, 0.1) is 0 Å². The Bertz CT molecular complexity index is 946. The van der Waals surface area contributed by atoms with Gasteiger partial charge in [-0.3, -0.25) is 0 Å². The van der Waals surface area contributed by atoms with E-state index in [0.29, 0.717) is 41.8 Å². The van der Waals surface area contributed by atoms with E-state index in [1.54, 1.807) is 24.3 Å². The van der Waals surface area contributed by atoms with Crippen molar-refractivity contribution < 1.29 is 23.1 Å². The lowest BCUT2D eigenvalue weighted by Gasteiger charge is -2.25. The molecule has 0 spiro atoms. The molecule has 26 heavy (non-hydrogen) atoms. The van der Waals surface area contributed by atoms with E-state index in [1.165, 1.54) is 22.5 Å². The summed E-state index contributed by atoms with van der Waals surface area (Å²) in [4.78, 5) is 12.0. The number of carboxylic acid groups (broad SMARTS) is 1. The maximum Gasteiger partial charge on any atom is 0.337 e. The van der Waals surface area contributed by atoms with Gasteiger partial charge in [-0.25, -0.2) is 13.2 Å². The highest BCUT2D eigenvalue weighted by molar-refractivity contribution is 7.91. The van der Waals surface area contributed by atoms with E-state index in [2.05, 4.69) is 0 Å². The molecule has 1 aliphatic heterocycles. The van der Waals surface area contributed by atoms with Crippen molar-refractivity contribution in [3.63, 3.8) is 0 Å². The van der Waals surface area contributed by atoms with Crippen LogP contribution >= 0.6 is 22.9 Å². The molecule has 0 radical (unpaired) electrons. The molecule has 3 rings (SSSR count). The van der Waals surface area contributed by atoms with Crippen LogP contribution in [0.15, 0.2) is 40.6 Å². The summed E-state index contributed by atoms with van der Waals surface area (Å²) in [6.45, 7) is 1.29. The van der Waals surface area contributed by atoms with Crippen molar-refractivity contribution in [2.75, 3.05) is 26.3 Å². The van der Waals surface area contributed by atoms with E-state index in [0.717, 1.165) is 11.3 Å². The minimum absolute atomic E-state index is 0.0145. The molecule has 1 aromatic carbocycles. The zero-order chi connectivity index (χ0) is 18.7. The molecule has 0 aliphatic carbocycles. The van der Waals surface area contributed by atoms with Crippen molar-refractivity contribution in [3.8, 4) is 0 Å². The largest absolute Gasteiger partial charge is 0.478 e. The molecule has 0 atom stereocenters. The lowest BCUT2D eigenvalue weighted by molar-refractivity contribution is -0.130. The maximum absolute atomic E-state index is 12.7. The number of carboxylic acids is 1. The van der Waals surface area contributed by atoms with Crippen LogP contribution in [0.3, 0.4) is 0 Å². The van der Waals surface area contributed by atoms with Gasteiger partial charge in [-0.2, -0.15) is 4.31 Å². The number of morpholine rings is 1. The second kappa shape index (κ2) is 7.89. The third-order valence-corrected chi connectivity index (χ3v) is 7.52. The highest BCUT2D eigenvalue weighted by atomic mass is 35.5. The van der Waals surface area contributed by atoms with E-state index in [4.69, 9.17) is 16.3 Å². The zero-order valence-corrected chi connectivity index (χ0v) is 16.0. The number of hydrogen-bond donors (Lipinski definition) is 1. The van der Waals surface area contributed by atoms with Crippen LogP contribution < -0.4 is 0 Å². The van der Waals surface area contributed by atoms with Crippen molar-refractivity contribution in [1.29, 1.82) is 0 Å². The van der Waals surface area contributed by atoms with Gasteiger partial charge in [-0.1, -0.05) is 23.7 Å². The molecule has 6 nitrogen and oxygen atoms in total. The van der Waals surface area contributed by atoms with E-state index < -0.39 is 16.0 Å². The highest BCUT2D eigenvalue weighted by Gasteiger charge is 2.28. The first kappa shape index (κ1) is 19.1. The zero-order valence-electron chi connectivity index (χ0n) is 13.6. The predicted octanol–water partition coefficient (Wildman–Crippen LogP) is 3.05. The molecular weight excluding hydrogens is 398 g/mol. The van der Waals surface area contributed by atoms with Crippen molar-refractivity contribution in [2.24, 2.45) is 0 Å². The molecule has 0 unspecified atom stereocenters. The molecule has 1 aromatic heterocycles. The van der Waals surface area contributed by atoms with Gasteiger partial charge in [-0.15, -0.1) is 11.3 Å². The summed E-state index contributed by atoms with van der Waals surface area (Å²) in [6, 6.07) is 9.74. The summed E-state index contributed by atoms with van der Waals surface area (Å²) in [5.74, 6) is -1.14. The number of halogens is 1. The Hall–Kier alpha value is -1.71. The smallest absolute Gasteiger partial charge is 0.337 e. The van der Waals surface area contributed by atoms with Crippen LogP contribution in [0.2, 0.25) is 5.02 Å². The topological polar surface area (TPSA) is 83.9 Å². The van der Waals surface area contributed by atoms with Gasteiger partial charge in [0, 0.05) is 23.0 Å². The normalized spacial score (nSPS) is 16.6. The number of sulfonamides is 1. The Morgan fingerprint density at radius 1 is 1.23 bits per heavy atom. The summed E-state index contributed by atoms with van der Waals surface area (Å²) in [7, 11) is -3.65. The Morgan fingerprint density at radius 3 is 2.62 bits per heavy atom. The number of ether oxygens (including phenoxy) is 1. The second-order valence-corrected chi connectivity index (χ2v) is 9.24. The Balaban J connectivity index is 1.94. The minimum atomic E-state index is -3.65. The predicted molar refractivity (Wildman–Crippen MR) is 101 cm³/mol. The first-order valence-electron chi connectivity index (χ1n) is 7.76. The number of nitrogens with zero attached hydrogens (tertiary/aromatic N) is 1. The SMILES string of the molecule is O=C(O)/C(=C\c1cccc(Cl)c1)c1ccc(S(=O)(=O)N2CCOCC2)s1. The fourth-order valence-electron chi connectivity index (χ4n) is 2.52. The number of aliphatic carboxylic acids is 1. The molecule has 138 valence electrons. The van der Waals surface area contributed by atoms with Crippen LogP contribution in [0.25, 0.3) is 11.6 Å². The molecule has 1 fully saturated rings. The summed E-state index contributed by atoms with van der Waals surface area (Å²) in [5, 5.41) is 10.0. The van der Waals surface area contributed by atoms with Crippen LogP contribution in [-0.4, -0.2) is 50.1 Å². The lowest BCUT2D eigenvalue weighted by atomic mass is 10.1. The van der Waals surface area contributed by atoms with Gasteiger partial charge in [-0.05, 0) is 35.9 Å². The first-order valence-corrected chi connectivity index (χ1v) is 10.4. The van der Waals surface area contributed by atoms with Crippen molar-refractivity contribution >= 4 is 50.6 Å². The van der Waals surface area contributed by atoms with E-state index in [9.17, 15) is 18.3 Å². The fraction of sp³-hybridized carbons (Fsp3) is 0.235. The van der Waals surface area contributed by atoms with E-state index in [-0.39, 0.29) is 9.78 Å². The third kappa shape index (κ3) is 4.16. The first-order chi connectivity index (χ1) is 12.4. The summed E-state index contributed by atoms with van der Waals surface area (Å²) in [6.07, 6.45) is 1.48. The molecule has 1 saturated heterocycles. The number of benzene rings is 1. The Labute approximate surface area is 160 Å². The minimum Gasteiger partial charge on any atom is -0.478 e. The second-order valence-electron chi connectivity index (χ2n) is 5.55. The van der Waals surface area contributed by atoms with Gasteiger partial charge in [0.2, 0.25) is 0 Å². The average molecular weight is 414 g/mol. The number of rotatable bonds is 5. The van der Waals surface area contributed by atoms with Crippen LogP contribution in [0.4, 0.5) is 0 Å². The van der Waals surface area contributed by atoms with Gasteiger partial charge in [0.25, 0.3) is 10.0 Å². The van der Waals surface area contributed by atoms with Gasteiger partial charge >= 0.3 is 5.97 Å². The Morgan fingerprint density at radius 2 is 1.96 bits per heavy atom. The summed E-state index contributed by atoms with van der Waals surface area (Å²) in [5.41, 5.74) is 0.640. The molecule has 0 saturated carbocycles. The summed E-state index contributed by atoms with van der Waals surface area (Å²) < 4.78 is 32.0. The number of carbonyl (C=O) groups is 1. The average Bonchev–Trinajstić information content (AvgIpc) is 3.11. The molecule has 1 aliphatic rings. The molecule has 1 N–H and O–H groups in total. The third-order valence-electron chi connectivity index (χ3n) is 3.80. The van der Waals surface area contributed by atoms with Gasteiger partial charge in [0.1, 0.15) is 4.21 Å². The molecule has 9 heteroatoms. The van der Waals surface area contributed by atoms with Gasteiger partial charge in [0.15, 0.2) is 0 Å². The molecule has 0 amide bonds. The monoisotopic (exact) mass is 413 g/mol. The molecular formula is C17H16ClNO5S2. The standard InChI is InChI=1S/C17H16ClNO5S2/c18-13-3-1-2-12(10-13)11-14(17(20)21)15-4-5-16(25-15)26(22,23)19-6-8-24-9-7-19/h1-5,10-11H,6-9H2,(H,20,21)/b14-11-. The Kier molecular flexibility index (Phi) is 5.79. The van der Waals surface area contributed by atoms with Gasteiger partial charge < -0.3 is 9.84 Å². The van der Waals surface area contributed by atoms with Crippen molar-refractivity contribution in [2.45, 2.75) is 4.21 Å². The van der Waals surface area contributed by atoms with E-state index in [1.807, 2.05) is 0 Å². The van der Waals surface area contributed by atoms with Crippen LogP contribution in [-0.2, 0) is 19.6 Å². The molecule has 0 bridgehead atoms. The quantitative estimate of drug-likeness (QED) is 0.761.